The van der Waals surface area contributed by atoms with Crippen molar-refractivity contribution in [2.75, 3.05) is 5.32 Å². The number of rotatable bonds is 3. The van der Waals surface area contributed by atoms with Gasteiger partial charge in [0.2, 0.25) is 5.91 Å². The molecule has 0 aliphatic carbocycles. The number of pyridine rings is 1. The van der Waals surface area contributed by atoms with Crippen LogP contribution in [0.25, 0.3) is 0 Å². The maximum absolute atomic E-state index is 11.7. The summed E-state index contributed by atoms with van der Waals surface area (Å²) in [6.45, 7) is 0. The highest BCUT2D eigenvalue weighted by atomic mass is 79.9. The van der Waals surface area contributed by atoms with Crippen molar-refractivity contribution in [3.63, 3.8) is 0 Å². The standard InChI is InChI=1S/C11H9BrN2OS/c12-11-9(4-1-5-13-11)14-10(15)7-8-3-2-6-16-8/h1-6H,7H2,(H,14,15). The SMILES string of the molecule is O=C(Cc1cccs1)Nc1cccnc1Br. The number of nitrogens with one attached hydrogen (secondary N) is 1. The number of nitrogens with zero attached hydrogens (tertiary/aromatic N) is 1. The first-order chi connectivity index (χ1) is 7.75. The molecule has 2 heterocycles. The Morgan fingerprint density at radius 2 is 2.31 bits per heavy atom. The largest absolute Gasteiger partial charge is 0.323 e. The third-order valence-electron chi connectivity index (χ3n) is 1.95. The molecule has 0 atom stereocenters. The van der Waals surface area contributed by atoms with E-state index in [9.17, 15) is 4.79 Å². The second-order valence-electron chi connectivity index (χ2n) is 3.15. The number of halogens is 1. The first-order valence-corrected chi connectivity index (χ1v) is 6.36. The van der Waals surface area contributed by atoms with Crippen LogP contribution in [0.5, 0.6) is 0 Å². The second-order valence-corrected chi connectivity index (χ2v) is 4.93. The Morgan fingerprint density at radius 3 is 3.00 bits per heavy atom. The van der Waals surface area contributed by atoms with Crippen molar-refractivity contribution >= 4 is 38.9 Å². The van der Waals surface area contributed by atoms with Crippen LogP contribution in [-0.4, -0.2) is 10.9 Å². The molecule has 0 spiro atoms. The number of carbonyl (C=O) groups excluding carboxylic acids is 1. The van der Waals surface area contributed by atoms with Crippen molar-refractivity contribution in [3.8, 4) is 0 Å². The number of anilines is 1. The summed E-state index contributed by atoms with van der Waals surface area (Å²) in [6.07, 6.45) is 2.07. The Morgan fingerprint density at radius 1 is 1.44 bits per heavy atom. The Balaban J connectivity index is 2.00. The number of aromatic nitrogens is 1. The minimum Gasteiger partial charge on any atom is -0.323 e. The topological polar surface area (TPSA) is 42.0 Å². The van der Waals surface area contributed by atoms with Crippen molar-refractivity contribution in [1.82, 2.24) is 4.98 Å². The van der Waals surface area contributed by atoms with Crippen LogP contribution in [0.3, 0.4) is 0 Å². The van der Waals surface area contributed by atoms with Crippen molar-refractivity contribution in [2.24, 2.45) is 0 Å². The zero-order valence-corrected chi connectivity index (χ0v) is 10.7. The molecule has 0 fully saturated rings. The molecule has 16 heavy (non-hydrogen) atoms. The zero-order valence-electron chi connectivity index (χ0n) is 8.31. The first kappa shape index (κ1) is 11.3. The molecule has 0 aliphatic heterocycles. The molecule has 0 radical (unpaired) electrons. The van der Waals surface area contributed by atoms with E-state index in [0.29, 0.717) is 16.7 Å². The van der Waals surface area contributed by atoms with E-state index in [1.165, 1.54) is 0 Å². The quantitative estimate of drug-likeness (QED) is 0.885. The number of carbonyl (C=O) groups is 1. The van der Waals surface area contributed by atoms with Crippen LogP contribution < -0.4 is 5.32 Å². The fourth-order valence-corrected chi connectivity index (χ4v) is 2.30. The van der Waals surface area contributed by atoms with Gasteiger partial charge < -0.3 is 5.32 Å². The average molecular weight is 297 g/mol. The second kappa shape index (κ2) is 5.23. The fourth-order valence-electron chi connectivity index (χ4n) is 1.25. The minimum absolute atomic E-state index is 0.0313. The van der Waals surface area contributed by atoms with Crippen molar-refractivity contribution in [1.29, 1.82) is 0 Å². The van der Waals surface area contributed by atoms with Gasteiger partial charge in [0.25, 0.3) is 0 Å². The smallest absolute Gasteiger partial charge is 0.229 e. The summed E-state index contributed by atoms with van der Waals surface area (Å²) in [7, 11) is 0. The van der Waals surface area contributed by atoms with Gasteiger partial charge in [-0.3, -0.25) is 4.79 Å². The Kier molecular flexibility index (Phi) is 3.69. The highest BCUT2D eigenvalue weighted by Gasteiger charge is 2.07. The van der Waals surface area contributed by atoms with Crippen LogP contribution in [0.15, 0.2) is 40.4 Å². The van der Waals surface area contributed by atoms with Crippen LogP contribution in [0, 0.1) is 0 Å². The van der Waals surface area contributed by atoms with Crippen LogP contribution in [0.1, 0.15) is 4.88 Å². The van der Waals surface area contributed by atoms with E-state index < -0.39 is 0 Å². The fraction of sp³-hybridized carbons (Fsp3) is 0.0909. The lowest BCUT2D eigenvalue weighted by Gasteiger charge is -2.05. The van der Waals surface area contributed by atoms with Crippen LogP contribution in [-0.2, 0) is 11.2 Å². The van der Waals surface area contributed by atoms with E-state index in [-0.39, 0.29) is 5.91 Å². The van der Waals surface area contributed by atoms with Gasteiger partial charge in [-0.25, -0.2) is 4.98 Å². The van der Waals surface area contributed by atoms with Gasteiger partial charge in [0.1, 0.15) is 4.60 Å². The molecule has 0 unspecified atom stereocenters. The van der Waals surface area contributed by atoms with Crippen LogP contribution in [0.4, 0.5) is 5.69 Å². The number of thiophene rings is 1. The lowest BCUT2D eigenvalue weighted by Crippen LogP contribution is -2.14. The van der Waals surface area contributed by atoms with Crippen molar-refractivity contribution in [3.05, 3.63) is 45.3 Å². The summed E-state index contributed by atoms with van der Waals surface area (Å²) in [5, 5.41) is 4.77. The molecule has 2 rings (SSSR count). The van der Waals surface area contributed by atoms with Gasteiger partial charge in [-0.1, -0.05) is 6.07 Å². The Bertz CT molecular complexity index is 484. The molecule has 5 heteroatoms. The van der Waals surface area contributed by atoms with Gasteiger partial charge in [0.05, 0.1) is 12.1 Å². The molecule has 1 N–H and O–H groups in total. The minimum atomic E-state index is -0.0313. The van der Waals surface area contributed by atoms with E-state index in [1.807, 2.05) is 23.6 Å². The lowest BCUT2D eigenvalue weighted by molar-refractivity contribution is -0.115. The molecule has 0 aromatic carbocycles. The van der Waals surface area contributed by atoms with Crippen LogP contribution in [0.2, 0.25) is 0 Å². The summed E-state index contributed by atoms with van der Waals surface area (Å²) in [5.74, 6) is -0.0313. The molecule has 0 bridgehead atoms. The lowest BCUT2D eigenvalue weighted by atomic mass is 10.3. The number of amides is 1. The third kappa shape index (κ3) is 2.90. The van der Waals surface area contributed by atoms with E-state index in [0.717, 1.165) is 4.88 Å². The summed E-state index contributed by atoms with van der Waals surface area (Å²) in [4.78, 5) is 16.8. The maximum Gasteiger partial charge on any atom is 0.229 e. The van der Waals surface area contributed by atoms with E-state index in [2.05, 4.69) is 26.2 Å². The molecule has 82 valence electrons. The predicted molar refractivity (Wildman–Crippen MR) is 68.6 cm³/mol. The summed E-state index contributed by atoms with van der Waals surface area (Å²) >= 11 is 4.86. The number of hydrogen-bond donors (Lipinski definition) is 1. The van der Waals surface area contributed by atoms with Crippen LogP contribution >= 0.6 is 27.3 Å². The molecule has 3 nitrogen and oxygen atoms in total. The van der Waals surface area contributed by atoms with E-state index in [4.69, 9.17) is 0 Å². The van der Waals surface area contributed by atoms with Gasteiger partial charge in [-0.05, 0) is 39.5 Å². The van der Waals surface area contributed by atoms with Gasteiger partial charge >= 0.3 is 0 Å². The third-order valence-corrected chi connectivity index (χ3v) is 3.46. The molecular weight excluding hydrogens is 288 g/mol. The monoisotopic (exact) mass is 296 g/mol. The Hall–Kier alpha value is -1.20. The normalized spacial score (nSPS) is 10.1. The van der Waals surface area contributed by atoms with E-state index >= 15 is 0 Å². The molecule has 0 saturated heterocycles. The zero-order chi connectivity index (χ0) is 11.4. The van der Waals surface area contributed by atoms with Crippen molar-refractivity contribution < 1.29 is 4.79 Å². The molecule has 2 aromatic rings. The highest BCUT2D eigenvalue weighted by molar-refractivity contribution is 9.10. The average Bonchev–Trinajstić information content (AvgIpc) is 2.74. The molecule has 0 saturated carbocycles. The summed E-state index contributed by atoms with van der Waals surface area (Å²) in [5.41, 5.74) is 0.698. The summed E-state index contributed by atoms with van der Waals surface area (Å²) in [6, 6.07) is 7.48. The van der Waals surface area contributed by atoms with Gasteiger partial charge in [0, 0.05) is 11.1 Å². The first-order valence-electron chi connectivity index (χ1n) is 4.68. The van der Waals surface area contributed by atoms with Gasteiger partial charge in [-0.2, -0.15) is 0 Å². The maximum atomic E-state index is 11.7. The highest BCUT2D eigenvalue weighted by Crippen LogP contribution is 2.19. The molecule has 2 aromatic heterocycles. The Labute approximate surface area is 106 Å². The summed E-state index contributed by atoms with van der Waals surface area (Å²) < 4.78 is 0.648. The van der Waals surface area contributed by atoms with Gasteiger partial charge in [0.15, 0.2) is 0 Å². The predicted octanol–water partition coefficient (Wildman–Crippen LogP) is 3.09. The molecule has 1 amide bonds. The molecule has 0 aliphatic rings. The van der Waals surface area contributed by atoms with Gasteiger partial charge in [-0.15, -0.1) is 11.3 Å². The van der Waals surface area contributed by atoms with E-state index in [1.54, 1.807) is 23.6 Å². The number of hydrogen-bond acceptors (Lipinski definition) is 3. The van der Waals surface area contributed by atoms with Crippen molar-refractivity contribution in [2.45, 2.75) is 6.42 Å². The molecular formula is C11H9BrN2OS.